The zero-order valence-corrected chi connectivity index (χ0v) is 15.7. The van der Waals surface area contributed by atoms with Crippen molar-refractivity contribution in [2.24, 2.45) is 0 Å². The number of carboxylic acids is 1. The molecule has 0 aliphatic heterocycles. The largest absolute Gasteiger partial charge is 0.482 e. The van der Waals surface area contributed by atoms with Gasteiger partial charge in [-0.05, 0) is 48.7 Å². The SMILES string of the molecule is O=C(O)COc1ccc(NC(=O)C2(c3ccccc3Cl)CCCCC2)cc1. The van der Waals surface area contributed by atoms with Gasteiger partial charge < -0.3 is 15.2 Å². The molecule has 2 aromatic rings. The lowest BCUT2D eigenvalue weighted by Gasteiger charge is -2.37. The Morgan fingerprint density at radius 3 is 2.33 bits per heavy atom. The number of ether oxygens (including phenoxy) is 1. The van der Waals surface area contributed by atoms with Crippen molar-refractivity contribution in [3.8, 4) is 5.75 Å². The van der Waals surface area contributed by atoms with Gasteiger partial charge in [0.2, 0.25) is 5.91 Å². The van der Waals surface area contributed by atoms with E-state index in [9.17, 15) is 9.59 Å². The summed E-state index contributed by atoms with van der Waals surface area (Å²) < 4.78 is 5.12. The van der Waals surface area contributed by atoms with Gasteiger partial charge in [0.05, 0.1) is 5.41 Å². The van der Waals surface area contributed by atoms with Crippen LogP contribution in [0.4, 0.5) is 5.69 Å². The number of halogens is 1. The molecule has 1 aliphatic rings. The molecule has 6 heteroatoms. The molecule has 1 aliphatic carbocycles. The average molecular weight is 388 g/mol. The van der Waals surface area contributed by atoms with Gasteiger partial charge in [-0.25, -0.2) is 4.79 Å². The highest BCUT2D eigenvalue weighted by Gasteiger charge is 2.42. The number of benzene rings is 2. The van der Waals surface area contributed by atoms with Crippen LogP contribution in [0.15, 0.2) is 48.5 Å². The minimum Gasteiger partial charge on any atom is -0.482 e. The summed E-state index contributed by atoms with van der Waals surface area (Å²) >= 11 is 6.43. The number of rotatable bonds is 6. The molecule has 0 spiro atoms. The van der Waals surface area contributed by atoms with Crippen LogP contribution in [0.1, 0.15) is 37.7 Å². The first-order valence-electron chi connectivity index (χ1n) is 9.02. The fourth-order valence-electron chi connectivity index (χ4n) is 3.65. The number of nitrogens with one attached hydrogen (secondary N) is 1. The zero-order valence-electron chi connectivity index (χ0n) is 14.9. The predicted octanol–water partition coefficient (Wildman–Crippen LogP) is 4.64. The Bertz CT molecular complexity index is 813. The van der Waals surface area contributed by atoms with Crippen molar-refractivity contribution in [1.82, 2.24) is 0 Å². The standard InChI is InChI=1S/C21H22ClNO4/c22-18-7-3-2-6-17(18)21(12-4-1-5-13-21)20(26)23-15-8-10-16(11-9-15)27-14-19(24)25/h2-3,6-11H,1,4-5,12-14H2,(H,23,26)(H,24,25). The lowest BCUT2D eigenvalue weighted by Crippen LogP contribution is -2.42. The summed E-state index contributed by atoms with van der Waals surface area (Å²) in [6.45, 7) is -0.401. The van der Waals surface area contributed by atoms with Gasteiger partial charge in [0.15, 0.2) is 6.61 Å². The van der Waals surface area contributed by atoms with E-state index in [-0.39, 0.29) is 5.91 Å². The summed E-state index contributed by atoms with van der Waals surface area (Å²) in [5.41, 5.74) is 0.889. The van der Waals surface area contributed by atoms with E-state index >= 15 is 0 Å². The molecule has 1 fully saturated rings. The quantitative estimate of drug-likeness (QED) is 0.756. The van der Waals surface area contributed by atoms with Crippen LogP contribution < -0.4 is 10.1 Å². The minimum absolute atomic E-state index is 0.0606. The first kappa shape index (κ1) is 19.2. The van der Waals surface area contributed by atoms with Gasteiger partial charge in [-0.15, -0.1) is 0 Å². The van der Waals surface area contributed by atoms with Crippen LogP contribution in [0.2, 0.25) is 5.02 Å². The molecule has 0 saturated heterocycles. The second-order valence-corrected chi connectivity index (χ2v) is 7.19. The van der Waals surface area contributed by atoms with Crippen molar-refractivity contribution in [2.75, 3.05) is 11.9 Å². The minimum atomic E-state index is -1.04. The van der Waals surface area contributed by atoms with Crippen LogP contribution in [0.25, 0.3) is 0 Å². The van der Waals surface area contributed by atoms with E-state index in [0.29, 0.717) is 16.5 Å². The Morgan fingerprint density at radius 2 is 1.70 bits per heavy atom. The molecule has 0 heterocycles. The van der Waals surface area contributed by atoms with Crippen molar-refractivity contribution in [1.29, 1.82) is 0 Å². The molecule has 27 heavy (non-hydrogen) atoms. The van der Waals surface area contributed by atoms with Crippen molar-refractivity contribution in [3.05, 3.63) is 59.1 Å². The van der Waals surface area contributed by atoms with Gasteiger partial charge in [-0.3, -0.25) is 4.79 Å². The van der Waals surface area contributed by atoms with Crippen LogP contribution >= 0.6 is 11.6 Å². The fraction of sp³-hybridized carbons (Fsp3) is 0.333. The molecule has 0 bridgehead atoms. The van der Waals surface area contributed by atoms with Gasteiger partial charge in [-0.2, -0.15) is 0 Å². The number of hydrogen-bond acceptors (Lipinski definition) is 3. The number of carbonyl (C=O) groups is 2. The summed E-state index contributed by atoms with van der Waals surface area (Å²) in [6, 6.07) is 14.3. The molecule has 5 nitrogen and oxygen atoms in total. The highest BCUT2D eigenvalue weighted by atomic mass is 35.5. The van der Waals surface area contributed by atoms with Crippen LogP contribution in [0.5, 0.6) is 5.75 Å². The Morgan fingerprint density at radius 1 is 1.04 bits per heavy atom. The predicted molar refractivity (Wildman–Crippen MR) is 104 cm³/mol. The summed E-state index contributed by atoms with van der Waals surface area (Å²) in [4.78, 5) is 23.8. The van der Waals surface area contributed by atoms with Crippen molar-refractivity contribution in [2.45, 2.75) is 37.5 Å². The van der Waals surface area contributed by atoms with Gasteiger partial charge >= 0.3 is 5.97 Å². The third kappa shape index (κ3) is 4.42. The number of anilines is 1. The molecule has 0 radical (unpaired) electrons. The Hall–Kier alpha value is -2.53. The molecular formula is C21H22ClNO4. The molecule has 0 unspecified atom stereocenters. The van der Waals surface area contributed by atoms with Gasteiger partial charge in [0.25, 0.3) is 0 Å². The number of carboxylic acid groups (broad SMARTS) is 1. The second-order valence-electron chi connectivity index (χ2n) is 6.78. The number of aliphatic carboxylic acids is 1. The highest BCUT2D eigenvalue weighted by Crippen LogP contribution is 2.43. The molecule has 142 valence electrons. The first-order valence-corrected chi connectivity index (χ1v) is 9.40. The third-order valence-corrected chi connectivity index (χ3v) is 5.34. The van der Waals surface area contributed by atoms with E-state index < -0.39 is 18.0 Å². The summed E-state index contributed by atoms with van der Waals surface area (Å²) in [5, 5.41) is 12.3. The third-order valence-electron chi connectivity index (χ3n) is 5.01. The van der Waals surface area contributed by atoms with Gasteiger partial charge in [0, 0.05) is 10.7 Å². The second kappa shape index (κ2) is 8.44. The smallest absolute Gasteiger partial charge is 0.341 e. The molecule has 0 atom stereocenters. The first-order chi connectivity index (χ1) is 13.0. The van der Waals surface area contributed by atoms with E-state index in [1.165, 1.54) is 0 Å². The highest BCUT2D eigenvalue weighted by molar-refractivity contribution is 6.31. The van der Waals surface area contributed by atoms with E-state index in [1.54, 1.807) is 24.3 Å². The summed E-state index contributed by atoms with van der Waals surface area (Å²) in [5.74, 6) is -0.658. The summed E-state index contributed by atoms with van der Waals surface area (Å²) in [7, 11) is 0. The topological polar surface area (TPSA) is 75.6 Å². The van der Waals surface area contributed by atoms with Crippen LogP contribution in [-0.4, -0.2) is 23.6 Å². The van der Waals surface area contributed by atoms with Crippen molar-refractivity contribution < 1.29 is 19.4 Å². The number of amides is 1. The molecular weight excluding hydrogens is 366 g/mol. The zero-order chi connectivity index (χ0) is 19.3. The molecule has 2 aromatic carbocycles. The molecule has 1 amide bonds. The maximum atomic E-state index is 13.3. The number of carbonyl (C=O) groups excluding carboxylic acids is 1. The van der Waals surface area contributed by atoms with Crippen LogP contribution in [-0.2, 0) is 15.0 Å². The monoisotopic (exact) mass is 387 g/mol. The normalized spacial score (nSPS) is 15.7. The molecule has 0 aromatic heterocycles. The summed E-state index contributed by atoms with van der Waals surface area (Å²) in [6.07, 6.45) is 4.63. The lowest BCUT2D eigenvalue weighted by molar-refractivity contribution is -0.139. The van der Waals surface area contributed by atoms with Crippen LogP contribution in [0.3, 0.4) is 0 Å². The van der Waals surface area contributed by atoms with Gasteiger partial charge in [0.1, 0.15) is 5.75 Å². The maximum absolute atomic E-state index is 13.3. The lowest BCUT2D eigenvalue weighted by atomic mass is 9.68. The fourth-order valence-corrected chi connectivity index (χ4v) is 3.97. The van der Waals surface area contributed by atoms with E-state index in [2.05, 4.69) is 5.32 Å². The average Bonchev–Trinajstić information content (AvgIpc) is 2.68. The van der Waals surface area contributed by atoms with Crippen LogP contribution in [0, 0.1) is 0 Å². The van der Waals surface area contributed by atoms with Crippen molar-refractivity contribution in [3.63, 3.8) is 0 Å². The molecule has 3 rings (SSSR count). The Labute approximate surface area is 163 Å². The van der Waals surface area contributed by atoms with Crippen molar-refractivity contribution >= 4 is 29.2 Å². The molecule has 2 N–H and O–H groups in total. The van der Waals surface area contributed by atoms with E-state index in [1.807, 2.05) is 24.3 Å². The maximum Gasteiger partial charge on any atom is 0.341 e. The van der Waals surface area contributed by atoms with E-state index in [4.69, 9.17) is 21.4 Å². The van der Waals surface area contributed by atoms with E-state index in [0.717, 1.165) is 37.7 Å². The Kier molecular flexibility index (Phi) is 6.01. The Balaban J connectivity index is 1.79. The number of hydrogen-bond donors (Lipinski definition) is 2. The molecule has 1 saturated carbocycles. The van der Waals surface area contributed by atoms with Gasteiger partial charge in [-0.1, -0.05) is 49.1 Å².